The minimum absolute atomic E-state index is 0.321. The monoisotopic (exact) mass is 389 g/mol. The van der Waals surface area contributed by atoms with Gasteiger partial charge in [0.2, 0.25) is 0 Å². The fraction of sp³-hybridized carbons (Fsp3) is 0.409. The zero-order chi connectivity index (χ0) is 20.1. The van der Waals surface area contributed by atoms with E-state index in [1.54, 1.807) is 0 Å². The maximum absolute atomic E-state index is 6.30. The lowest BCUT2D eigenvalue weighted by molar-refractivity contribution is 0.148. The molecule has 7 nitrogen and oxygen atoms in total. The van der Waals surface area contributed by atoms with Crippen LogP contribution in [0.1, 0.15) is 38.3 Å². The van der Waals surface area contributed by atoms with Gasteiger partial charge in [-0.05, 0) is 45.2 Å². The van der Waals surface area contributed by atoms with Crippen LogP contribution in [0.5, 0.6) is 0 Å². The Bertz CT molecular complexity index is 1180. The van der Waals surface area contributed by atoms with Gasteiger partial charge in [0.1, 0.15) is 17.8 Å². The number of para-hydroxylation sites is 1. The summed E-state index contributed by atoms with van der Waals surface area (Å²) in [7, 11) is 0. The number of nitrogens with two attached hydrogens (primary N) is 1. The van der Waals surface area contributed by atoms with Gasteiger partial charge in [-0.25, -0.2) is 14.6 Å². The molecule has 0 saturated carbocycles. The molecule has 0 radical (unpaired) electrons. The molecular formula is C22H27N7. The normalized spacial score (nSPS) is 16.4. The van der Waals surface area contributed by atoms with Crippen LogP contribution in [0.4, 0.5) is 5.82 Å². The lowest BCUT2D eigenvalue weighted by Gasteiger charge is -2.34. The maximum atomic E-state index is 6.30. The van der Waals surface area contributed by atoms with E-state index in [4.69, 9.17) is 10.8 Å². The van der Waals surface area contributed by atoms with Crippen molar-refractivity contribution in [1.29, 1.82) is 0 Å². The van der Waals surface area contributed by atoms with Gasteiger partial charge in [0, 0.05) is 30.0 Å². The number of anilines is 1. The summed E-state index contributed by atoms with van der Waals surface area (Å²) in [5, 5.41) is 7.03. The fourth-order valence-electron chi connectivity index (χ4n) is 4.52. The molecule has 0 aliphatic carbocycles. The Kier molecular flexibility index (Phi) is 4.28. The van der Waals surface area contributed by atoms with Crippen LogP contribution in [0.15, 0.2) is 30.6 Å². The first kappa shape index (κ1) is 18.1. The maximum Gasteiger partial charge on any atom is 0.164 e. The molecule has 0 spiro atoms. The predicted molar refractivity (Wildman–Crippen MR) is 117 cm³/mol. The highest BCUT2D eigenvalue weighted by molar-refractivity contribution is 6.00. The van der Waals surface area contributed by atoms with E-state index in [1.807, 2.05) is 0 Å². The van der Waals surface area contributed by atoms with Gasteiger partial charge in [0.05, 0.1) is 17.1 Å². The van der Waals surface area contributed by atoms with Crippen molar-refractivity contribution in [2.45, 2.75) is 45.7 Å². The van der Waals surface area contributed by atoms with Crippen molar-refractivity contribution in [3.8, 4) is 11.4 Å². The number of aromatic nitrogens is 5. The number of aromatic amines is 1. The van der Waals surface area contributed by atoms with Gasteiger partial charge < -0.3 is 15.6 Å². The molecule has 0 bridgehead atoms. The minimum Gasteiger partial charge on any atom is -0.383 e. The van der Waals surface area contributed by atoms with Gasteiger partial charge in [-0.3, -0.25) is 0 Å². The van der Waals surface area contributed by atoms with Crippen molar-refractivity contribution in [1.82, 2.24) is 29.6 Å². The number of aryl methyl sites for hydroxylation is 1. The number of piperidine rings is 1. The third-order valence-electron chi connectivity index (χ3n) is 6.21. The highest BCUT2D eigenvalue weighted by atomic mass is 15.3. The predicted octanol–water partition coefficient (Wildman–Crippen LogP) is 3.91. The molecule has 0 atom stereocenters. The largest absolute Gasteiger partial charge is 0.383 e. The van der Waals surface area contributed by atoms with Crippen molar-refractivity contribution in [3.05, 3.63) is 36.2 Å². The number of hydrogen-bond donors (Lipinski definition) is 2. The summed E-state index contributed by atoms with van der Waals surface area (Å²) in [4.78, 5) is 14.9. The Morgan fingerprint density at radius 1 is 1.17 bits per heavy atom. The van der Waals surface area contributed by atoms with E-state index in [0.717, 1.165) is 53.9 Å². The molecule has 4 heterocycles. The molecule has 3 aromatic heterocycles. The topological polar surface area (TPSA) is 88.7 Å². The smallest absolute Gasteiger partial charge is 0.164 e. The van der Waals surface area contributed by atoms with Gasteiger partial charge in [0.15, 0.2) is 5.65 Å². The van der Waals surface area contributed by atoms with Crippen LogP contribution in [0.2, 0.25) is 0 Å². The zero-order valence-electron chi connectivity index (χ0n) is 17.2. The Labute approximate surface area is 169 Å². The minimum atomic E-state index is 0.321. The zero-order valence-corrected chi connectivity index (χ0v) is 17.2. The van der Waals surface area contributed by atoms with Crippen LogP contribution in [0, 0.1) is 6.92 Å². The molecule has 1 saturated heterocycles. The van der Waals surface area contributed by atoms with E-state index in [2.05, 4.69) is 69.6 Å². The van der Waals surface area contributed by atoms with Crippen LogP contribution < -0.4 is 5.73 Å². The fourth-order valence-corrected chi connectivity index (χ4v) is 4.52. The Hall–Kier alpha value is -2.93. The number of fused-ring (bicyclic) bond motifs is 2. The van der Waals surface area contributed by atoms with Crippen LogP contribution in [0.25, 0.3) is 33.3 Å². The third-order valence-corrected chi connectivity index (χ3v) is 6.21. The third kappa shape index (κ3) is 2.97. The van der Waals surface area contributed by atoms with E-state index in [9.17, 15) is 0 Å². The average Bonchev–Trinajstić information content (AvgIpc) is 3.31. The average molecular weight is 390 g/mol. The van der Waals surface area contributed by atoms with Crippen LogP contribution >= 0.6 is 0 Å². The summed E-state index contributed by atoms with van der Waals surface area (Å²) in [6, 6.07) is 9.34. The first-order valence-corrected chi connectivity index (χ1v) is 10.3. The molecule has 3 N–H and O–H groups in total. The Morgan fingerprint density at radius 3 is 2.69 bits per heavy atom. The first-order chi connectivity index (χ1) is 14.0. The lowest BCUT2D eigenvalue weighted by Crippen LogP contribution is -2.39. The lowest BCUT2D eigenvalue weighted by atomic mass is 10.0. The van der Waals surface area contributed by atoms with E-state index >= 15 is 0 Å². The SMILES string of the molecule is Cc1cccc2cc(-c3nn(C4CCN(C(C)C)CC4)c4ncnc(N)c34)[nH]c12. The molecule has 0 unspecified atom stereocenters. The molecule has 29 heavy (non-hydrogen) atoms. The molecule has 5 rings (SSSR count). The standard InChI is InChI=1S/C22H27N7/c1-13(2)28-9-7-16(8-10-28)29-22-18(21(23)24-12-25-22)20(27-29)17-11-15-6-4-5-14(3)19(15)26-17/h4-6,11-13,16,26H,7-10H2,1-3H3,(H2,23,24,25). The van der Waals surface area contributed by atoms with Crippen molar-refractivity contribution in [3.63, 3.8) is 0 Å². The molecule has 0 amide bonds. The highest BCUT2D eigenvalue weighted by Gasteiger charge is 2.27. The number of benzene rings is 1. The van der Waals surface area contributed by atoms with E-state index in [0.29, 0.717) is 17.9 Å². The van der Waals surface area contributed by atoms with Gasteiger partial charge in [0.25, 0.3) is 0 Å². The summed E-state index contributed by atoms with van der Waals surface area (Å²) in [6.07, 6.45) is 3.66. The van der Waals surface area contributed by atoms with Crippen molar-refractivity contribution < 1.29 is 0 Å². The van der Waals surface area contributed by atoms with Crippen LogP contribution in [-0.4, -0.2) is 48.8 Å². The Morgan fingerprint density at radius 2 is 1.97 bits per heavy atom. The molecule has 4 aromatic rings. The quantitative estimate of drug-likeness (QED) is 0.554. The van der Waals surface area contributed by atoms with Crippen LogP contribution in [0.3, 0.4) is 0 Å². The van der Waals surface area contributed by atoms with Crippen molar-refractivity contribution in [2.75, 3.05) is 18.8 Å². The number of nitrogens with zero attached hydrogens (tertiary/aromatic N) is 5. The number of nitrogens with one attached hydrogen (secondary N) is 1. The molecular weight excluding hydrogens is 362 g/mol. The summed E-state index contributed by atoms with van der Waals surface area (Å²) >= 11 is 0. The molecule has 7 heteroatoms. The van der Waals surface area contributed by atoms with Gasteiger partial charge >= 0.3 is 0 Å². The van der Waals surface area contributed by atoms with E-state index < -0.39 is 0 Å². The molecule has 1 aliphatic rings. The van der Waals surface area contributed by atoms with E-state index in [1.165, 1.54) is 17.3 Å². The molecule has 1 aliphatic heterocycles. The number of hydrogen-bond acceptors (Lipinski definition) is 5. The Balaban J connectivity index is 1.62. The second-order valence-electron chi connectivity index (χ2n) is 8.33. The van der Waals surface area contributed by atoms with Crippen molar-refractivity contribution in [2.24, 2.45) is 0 Å². The van der Waals surface area contributed by atoms with Gasteiger partial charge in [-0.2, -0.15) is 5.10 Å². The second-order valence-corrected chi connectivity index (χ2v) is 8.33. The number of nitrogen functional groups attached to an aromatic ring is 1. The number of H-pyrrole nitrogens is 1. The van der Waals surface area contributed by atoms with Crippen LogP contribution in [-0.2, 0) is 0 Å². The molecule has 1 aromatic carbocycles. The van der Waals surface area contributed by atoms with Gasteiger partial charge in [-0.1, -0.05) is 18.2 Å². The van der Waals surface area contributed by atoms with Gasteiger partial charge in [-0.15, -0.1) is 0 Å². The number of rotatable bonds is 3. The molecule has 1 fully saturated rings. The highest BCUT2D eigenvalue weighted by Crippen LogP contribution is 2.35. The second kappa shape index (κ2) is 6.84. The molecule has 150 valence electrons. The summed E-state index contributed by atoms with van der Waals surface area (Å²) in [5.74, 6) is 0.478. The van der Waals surface area contributed by atoms with E-state index in [-0.39, 0.29) is 0 Å². The summed E-state index contributed by atoms with van der Waals surface area (Å²) < 4.78 is 2.08. The van der Waals surface area contributed by atoms with Crippen molar-refractivity contribution >= 4 is 27.8 Å². The first-order valence-electron chi connectivity index (χ1n) is 10.3. The summed E-state index contributed by atoms with van der Waals surface area (Å²) in [6.45, 7) is 8.77. The summed E-state index contributed by atoms with van der Waals surface area (Å²) in [5.41, 5.74) is 11.3. The number of likely N-dealkylation sites (tertiary alicyclic amines) is 1.